The maximum absolute atomic E-state index is 12.1. The summed E-state index contributed by atoms with van der Waals surface area (Å²) in [5.41, 5.74) is 1.94. The van der Waals surface area contributed by atoms with E-state index in [2.05, 4.69) is 15.8 Å². The predicted octanol–water partition coefficient (Wildman–Crippen LogP) is 2.05. The molecule has 1 aliphatic rings. The summed E-state index contributed by atoms with van der Waals surface area (Å²) in [7, 11) is 0. The van der Waals surface area contributed by atoms with Crippen molar-refractivity contribution in [3.8, 4) is 0 Å². The highest BCUT2D eigenvalue weighted by Crippen LogP contribution is 2.26. The largest absolute Gasteiger partial charge is 0.387 e. The summed E-state index contributed by atoms with van der Waals surface area (Å²) < 4.78 is 0. The average molecular weight is 337 g/mol. The average Bonchev–Trinajstić information content (AvgIpc) is 3.16. The number of rotatable bonds is 6. The molecular weight excluding hydrogens is 318 g/mol. The van der Waals surface area contributed by atoms with E-state index in [1.807, 2.05) is 36.4 Å². The first-order chi connectivity index (χ1) is 12.2. The van der Waals surface area contributed by atoms with Gasteiger partial charge < -0.3 is 15.5 Å². The Morgan fingerprint density at radius 3 is 2.20 bits per heavy atom. The molecule has 3 rings (SSSR count). The zero-order valence-electron chi connectivity index (χ0n) is 13.6. The van der Waals surface area contributed by atoms with Crippen LogP contribution in [0.1, 0.15) is 28.4 Å². The Balaban J connectivity index is 1.39. The van der Waals surface area contributed by atoms with Gasteiger partial charge in [-0.1, -0.05) is 53.7 Å². The third-order valence-corrected chi connectivity index (χ3v) is 3.83. The molecule has 0 aliphatic carbocycles. The molecular formula is C19H19N3O3. The van der Waals surface area contributed by atoms with Crippen LogP contribution in [-0.4, -0.2) is 30.6 Å². The molecule has 1 atom stereocenters. The van der Waals surface area contributed by atoms with Crippen molar-refractivity contribution in [1.29, 1.82) is 0 Å². The van der Waals surface area contributed by atoms with E-state index in [1.54, 1.807) is 24.3 Å². The van der Waals surface area contributed by atoms with Gasteiger partial charge in [0.1, 0.15) is 5.71 Å². The first kappa shape index (κ1) is 16.7. The molecule has 0 spiro atoms. The Kier molecular flexibility index (Phi) is 5.41. The molecule has 0 aromatic heterocycles. The highest BCUT2D eigenvalue weighted by molar-refractivity contribution is 6.39. The molecule has 6 nitrogen and oxygen atoms in total. The van der Waals surface area contributed by atoms with Gasteiger partial charge in [-0.15, -0.1) is 0 Å². The van der Waals surface area contributed by atoms with Crippen LogP contribution in [0.25, 0.3) is 0 Å². The van der Waals surface area contributed by atoms with Gasteiger partial charge in [0, 0.05) is 25.1 Å². The van der Waals surface area contributed by atoms with Gasteiger partial charge in [0.25, 0.3) is 11.8 Å². The number of amides is 2. The molecule has 0 unspecified atom stereocenters. The highest BCUT2D eigenvalue weighted by atomic mass is 16.6. The van der Waals surface area contributed by atoms with Gasteiger partial charge >= 0.3 is 0 Å². The number of carbonyl (C=O) groups is 2. The van der Waals surface area contributed by atoms with Crippen LogP contribution in [-0.2, 0) is 9.63 Å². The van der Waals surface area contributed by atoms with Crippen LogP contribution in [0.3, 0.4) is 0 Å². The topological polar surface area (TPSA) is 79.8 Å². The summed E-state index contributed by atoms with van der Waals surface area (Å²) in [6.07, 6.45) is 0.214. The second-order valence-corrected chi connectivity index (χ2v) is 5.62. The van der Waals surface area contributed by atoms with Crippen molar-refractivity contribution in [2.24, 2.45) is 5.16 Å². The van der Waals surface area contributed by atoms with E-state index in [0.717, 1.165) is 5.56 Å². The van der Waals surface area contributed by atoms with Gasteiger partial charge in [-0.05, 0) is 17.7 Å². The van der Waals surface area contributed by atoms with Crippen molar-refractivity contribution >= 4 is 17.5 Å². The van der Waals surface area contributed by atoms with Gasteiger partial charge in [0.15, 0.2) is 6.10 Å². The summed E-state index contributed by atoms with van der Waals surface area (Å²) >= 11 is 0. The number of hydrogen-bond donors (Lipinski definition) is 2. The van der Waals surface area contributed by atoms with E-state index in [1.165, 1.54) is 0 Å². The molecule has 128 valence electrons. The number of hydrogen-bond acceptors (Lipinski definition) is 4. The lowest BCUT2D eigenvalue weighted by molar-refractivity contribution is -0.114. The monoisotopic (exact) mass is 337 g/mol. The van der Waals surface area contributed by atoms with Gasteiger partial charge in [0.2, 0.25) is 0 Å². The normalized spacial score (nSPS) is 15.8. The molecule has 0 bridgehead atoms. The van der Waals surface area contributed by atoms with Crippen LogP contribution in [0.2, 0.25) is 0 Å². The molecule has 2 amide bonds. The second-order valence-electron chi connectivity index (χ2n) is 5.62. The first-order valence-corrected chi connectivity index (χ1v) is 8.13. The van der Waals surface area contributed by atoms with Crippen LogP contribution < -0.4 is 10.6 Å². The molecule has 25 heavy (non-hydrogen) atoms. The number of carbonyl (C=O) groups excluding carboxylic acids is 2. The minimum Gasteiger partial charge on any atom is -0.387 e. The van der Waals surface area contributed by atoms with E-state index >= 15 is 0 Å². The molecule has 0 saturated heterocycles. The van der Waals surface area contributed by atoms with Crippen LogP contribution in [0.15, 0.2) is 65.8 Å². The Morgan fingerprint density at radius 2 is 1.52 bits per heavy atom. The fourth-order valence-corrected chi connectivity index (χ4v) is 2.50. The summed E-state index contributed by atoms with van der Waals surface area (Å²) in [5, 5.41) is 9.37. The molecule has 2 N–H and O–H groups in total. The minimum atomic E-state index is -0.271. The van der Waals surface area contributed by atoms with Gasteiger partial charge in [-0.25, -0.2) is 0 Å². The lowest BCUT2D eigenvalue weighted by atomic mass is 10.0. The highest BCUT2D eigenvalue weighted by Gasteiger charge is 2.26. The molecule has 0 radical (unpaired) electrons. The van der Waals surface area contributed by atoms with Crippen molar-refractivity contribution < 1.29 is 14.4 Å². The SMILES string of the molecule is O=C(NCCNC(=O)c1ccccc1)C1=NO[C@@H](c2ccccc2)C1. The summed E-state index contributed by atoms with van der Waals surface area (Å²) in [6.45, 7) is 0.669. The Morgan fingerprint density at radius 1 is 0.920 bits per heavy atom. The first-order valence-electron chi connectivity index (χ1n) is 8.13. The lowest BCUT2D eigenvalue weighted by Crippen LogP contribution is -2.37. The van der Waals surface area contributed by atoms with Gasteiger partial charge in [-0.3, -0.25) is 9.59 Å². The lowest BCUT2D eigenvalue weighted by Gasteiger charge is -2.08. The fraction of sp³-hybridized carbons (Fsp3) is 0.211. The predicted molar refractivity (Wildman–Crippen MR) is 94.1 cm³/mol. The Labute approximate surface area is 145 Å². The molecule has 2 aromatic carbocycles. The number of benzene rings is 2. The third-order valence-electron chi connectivity index (χ3n) is 3.83. The molecule has 1 aliphatic heterocycles. The molecule has 0 fully saturated rings. The molecule has 2 aromatic rings. The van der Waals surface area contributed by atoms with Crippen LogP contribution >= 0.6 is 0 Å². The standard InChI is InChI=1S/C19H19N3O3/c23-18(15-9-5-2-6-10-15)20-11-12-21-19(24)16-13-17(25-22-16)14-7-3-1-4-8-14/h1-10,17H,11-13H2,(H,20,23)(H,21,24)/t17-/m1/s1. The third kappa shape index (κ3) is 4.44. The van der Waals surface area contributed by atoms with Crippen molar-refractivity contribution in [3.05, 3.63) is 71.8 Å². The zero-order chi connectivity index (χ0) is 17.5. The van der Waals surface area contributed by atoms with E-state index in [9.17, 15) is 9.59 Å². The maximum atomic E-state index is 12.1. The van der Waals surface area contributed by atoms with E-state index in [-0.39, 0.29) is 17.9 Å². The van der Waals surface area contributed by atoms with E-state index in [0.29, 0.717) is 30.8 Å². The maximum Gasteiger partial charge on any atom is 0.269 e. The van der Waals surface area contributed by atoms with Crippen LogP contribution in [0, 0.1) is 0 Å². The minimum absolute atomic E-state index is 0.166. The number of nitrogens with zero attached hydrogens (tertiary/aromatic N) is 1. The quantitative estimate of drug-likeness (QED) is 0.792. The van der Waals surface area contributed by atoms with Crippen molar-refractivity contribution in [1.82, 2.24) is 10.6 Å². The van der Waals surface area contributed by atoms with E-state index in [4.69, 9.17) is 4.84 Å². The van der Waals surface area contributed by atoms with Gasteiger partial charge in [-0.2, -0.15) is 0 Å². The smallest absolute Gasteiger partial charge is 0.269 e. The Bertz CT molecular complexity index is 760. The van der Waals surface area contributed by atoms with Crippen LogP contribution in [0.5, 0.6) is 0 Å². The summed E-state index contributed by atoms with van der Waals surface area (Å²) in [6, 6.07) is 18.6. The Hall–Kier alpha value is -3.15. The molecule has 6 heteroatoms. The summed E-state index contributed by atoms with van der Waals surface area (Å²) in [5.74, 6) is -0.437. The molecule has 0 saturated carbocycles. The van der Waals surface area contributed by atoms with Crippen molar-refractivity contribution in [2.45, 2.75) is 12.5 Å². The zero-order valence-corrected chi connectivity index (χ0v) is 13.6. The number of oxime groups is 1. The van der Waals surface area contributed by atoms with E-state index < -0.39 is 0 Å². The van der Waals surface area contributed by atoms with Crippen molar-refractivity contribution in [2.75, 3.05) is 13.1 Å². The number of nitrogens with one attached hydrogen (secondary N) is 2. The fourth-order valence-electron chi connectivity index (χ4n) is 2.50. The second kappa shape index (κ2) is 8.10. The molecule has 1 heterocycles. The summed E-state index contributed by atoms with van der Waals surface area (Å²) in [4.78, 5) is 29.3. The van der Waals surface area contributed by atoms with Crippen LogP contribution in [0.4, 0.5) is 0 Å². The van der Waals surface area contributed by atoms with Gasteiger partial charge in [0.05, 0.1) is 0 Å². The van der Waals surface area contributed by atoms with Crippen molar-refractivity contribution in [3.63, 3.8) is 0 Å².